The minimum absolute atomic E-state index is 0.492. The van der Waals surface area contributed by atoms with Gasteiger partial charge in [0.25, 0.3) is 0 Å². The Kier molecular flexibility index (Phi) is 7.69. The number of hydrogen-bond donors (Lipinski definition) is 1. The third-order valence-electron chi connectivity index (χ3n) is 6.07. The van der Waals surface area contributed by atoms with Gasteiger partial charge in [-0.25, -0.2) is 0 Å². The van der Waals surface area contributed by atoms with Crippen LogP contribution in [0, 0.1) is 5.92 Å². The maximum atomic E-state index is 5.92. The molecular formula is C25H29N7O2S. The molecule has 1 N–H and O–H groups in total. The van der Waals surface area contributed by atoms with Gasteiger partial charge in [-0.1, -0.05) is 11.8 Å². The highest BCUT2D eigenvalue weighted by Crippen LogP contribution is 2.27. The molecule has 3 aromatic heterocycles. The van der Waals surface area contributed by atoms with E-state index in [1.807, 2.05) is 48.0 Å². The van der Waals surface area contributed by atoms with Crippen molar-refractivity contribution in [1.29, 1.82) is 0 Å². The third kappa shape index (κ3) is 6.07. The molecule has 0 radical (unpaired) electrons. The largest absolute Gasteiger partial charge is 0.494 e. The van der Waals surface area contributed by atoms with Crippen molar-refractivity contribution in [3.05, 3.63) is 54.7 Å². The average Bonchev–Trinajstić information content (AvgIpc) is 3.53. The fraction of sp³-hybridized carbons (Fsp3) is 0.400. The van der Waals surface area contributed by atoms with Gasteiger partial charge in [-0.05, 0) is 81.1 Å². The number of piperidine rings is 1. The van der Waals surface area contributed by atoms with Gasteiger partial charge in [0.15, 0.2) is 11.0 Å². The molecule has 10 heteroatoms. The molecule has 0 bridgehead atoms. The molecular weight excluding hydrogens is 462 g/mol. The number of ether oxygens (including phenoxy) is 1. The summed E-state index contributed by atoms with van der Waals surface area (Å²) in [6, 6.07) is 11.7. The van der Waals surface area contributed by atoms with Gasteiger partial charge >= 0.3 is 0 Å². The summed E-state index contributed by atoms with van der Waals surface area (Å²) in [7, 11) is 1.93. The zero-order chi connectivity index (χ0) is 23.9. The molecule has 4 heterocycles. The molecule has 1 fully saturated rings. The standard InChI is InChI=1S/C25H29N7O2S/c1-32-23(20-7-3-13-27-16-20)29-31-25(32)35-17-22-28-30-24(34-22)19-8-10-21(11-9-19)33-14-4-6-18-5-2-12-26-15-18/h3,7-11,13,16,18,26H,2,4-6,12,14-15,17H2,1H3. The van der Waals surface area contributed by atoms with Crippen molar-refractivity contribution in [3.63, 3.8) is 0 Å². The Hall–Kier alpha value is -3.24. The Morgan fingerprint density at radius 3 is 2.83 bits per heavy atom. The molecule has 9 nitrogen and oxygen atoms in total. The summed E-state index contributed by atoms with van der Waals surface area (Å²) in [6.07, 6.45) is 8.42. The number of nitrogens with zero attached hydrogens (tertiary/aromatic N) is 6. The van der Waals surface area contributed by atoms with Crippen molar-refractivity contribution in [1.82, 2.24) is 35.3 Å². The predicted molar refractivity (Wildman–Crippen MR) is 134 cm³/mol. The van der Waals surface area contributed by atoms with Crippen molar-refractivity contribution in [2.24, 2.45) is 13.0 Å². The Bertz CT molecular complexity index is 1200. The fourth-order valence-corrected chi connectivity index (χ4v) is 4.92. The maximum Gasteiger partial charge on any atom is 0.247 e. The molecule has 4 aromatic rings. The van der Waals surface area contributed by atoms with Crippen LogP contribution in [0.4, 0.5) is 0 Å². The highest BCUT2D eigenvalue weighted by molar-refractivity contribution is 7.98. The van der Waals surface area contributed by atoms with Crippen molar-refractivity contribution in [3.8, 4) is 28.6 Å². The van der Waals surface area contributed by atoms with E-state index in [1.165, 1.54) is 31.0 Å². The molecule has 1 atom stereocenters. The summed E-state index contributed by atoms with van der Waals surface area (Å²) in [5.41, 5.74) is 1.79. The molecule has 0 saturated carbocycles. The zero-order valence-electron chi connectivity index (χ0n) is 19.8. The van der Waals surface area contributed by atoms with Gasteiger partial charge in [0.05, 0.1) is 12.4 Å². The summed E-state index contributed by atoms with van der Waals surface area (Å²) in [4.78, 5) is 4.15. The molecule has 0 amide bonds. The van der Waals surface area contributed by atoms with Crippen LogP contribution in [0.5, 0.6) is 5.75 Å². The molecule has 0 spiro atoms. The lowest BCUT2D eigenvalue weighted by Gasteiger charge is -2.22. The van der Waals surface area contributed by atoms with E-state index in [1.54, 1.807) is 12.4 Å². The molecule has 0 aliphatic carbocycles. The van der Waals surface area contributed by atoms with Crippen molar-refractivity contribution in [2.45, 2.75) is 36.6 Å². The van der Waals surface area contributed by atoms with Gasteiger partial charge in [0, 0.05) is 30.6 Å². The van der Waals surface area contributed by atoms with E-state index >= 15 is 0 Å². The molecule has 1 aromatic carbocycles. The van der Waals surface area contributed by atoms with Gasteiger partial charge in [0.1, 0.15) is 5.75 Å². The predicted octanol–water partition coefficient (Wildman–Crippen LogP) is 4.38. The number of pyridine rings is 1. The number of aromatic nitrogens is 6. The number of thioether (sulfide) groups is 1. The topological polar surface area (TPSA) is 104 Å². The van der Waals surface area contributed by atoms with Crippen LogP contribution in [0.3, 0.4) is 0 Å². The van der Waals surface area contributed by atoms with Gasteiger partial charge in [-0.15, -0.1) is 20.4 Å². The Morgan fingerprint density at radius 1 is 1.11 bits per heavy atom. The Labute approximate surface area is 208 Å². The van der Waals surface area contributed by atoms with Gasteiger partial charge in [-0.3, -0.25) is 4.98 Å². The van der Waals surface area contributed by atoms with Gasteiger partial charge in [0.2, 0.25) is 11.8 Å². The maximum absolute atomic E-state index is 5.92. The lowest BCUT2D eigenvalue weighted by molar-refractivity contribution is 0.275. The number of hydrogen-bond acceptors (Lipinski definition) is 9. The van der Waals surface area contributed by atoms with Gasteiger partial charge in [-0.2, -0.15) is 0 Å². The molecule has 182 valence electrons. The highest BCUT2D eigenvalue weighted by atomic mass is 32.2. The molecule has 35 heavy (non-hydrogen) atoms. The first-order valence-electron chi connectivity index (χ1n) is 11.9. The molecule has 5 rings (SSSR count). The number of nitrogens with one attached hydrogen (secondary N) is 1. The summed E-state index contributed by atoms with van der Waals surface area (Å²) >= 11 is 1.50. The normalized spacial score (nSPS) is 15.9. The minimum atomic E-state index is 0.492. The third-order valence-corrected chi connectivity index (χ3v) is 7.08. The minimum Gasteiger partial charge on any atom is -0.494 e. The van der Waals surface area contributed by atoms with Crippen LogP contribution in [-0.2, 0) is 12.8 Å². The van der Waals surface area contributed by atoms with Crippen LogP contribution < -0.4 is 10.1 Å². The SMILES string of the molecule is Cn1c(SCc2nnc(-c3ccc(OCCCC4CCCNC4)cc3)o2)nnc1-c1cccnc1. The first-order chi connectivity index (χ1) is 17.3. The number of benzene rings is 1. The highest BCUT2D eigenvalue weighted by Gasteiger charge is 2.15. The van der Waals surface area contributed by atoms with Crippen molar-refractivity contribution >= 4 is 11.8 Å². The lowest BCUT2D eigenvalue weighted by atomic mass is 9.95. The van der Waals surface area contributed by atoms with E-state index in [0.717, 1.165) is 59.9 Å². The van der Waals surface area contributed by atoms with Crippen LogP contribution in [0.25, 0.3) is 22.8 Å². The van der Waals surface area contributed by atoms with Crippen LogP contribution in [-0.4, -0.2) is 49.6 Å². The van der Waals surface area contributed by atoms with E-state index in [9.17, 15) is 0 Å². The number of rotatable bonds is 10. The second-order valence-electron chi connectivity index (χ2n) is 8.62. The zero-order valence-corrected chi connectivity index (χ0v) is 20.6. The van der Waals surface area contributed by atoms with Crippen molar-refractivity contribution in [2.75, 3.05) is 19.7 Å². The summed E-state index contributed by atoms with van der Waals surface area (Å²) in [5, 5.41) is 21.2. The van der Waals surface area contributed by atoms with E-state index in [4.69, 9.17) is 9.15 Å². The van der Waals surface area contributed by atoms with Crippen LogP contribution in [0.2, 0.25) is 0 Å². The van der Waals surface area contributed by atoms with E-state index in [-0.39, 0.29) is 0 Å². The summed E-state index contributed by atoms with van der Waals surface area (Å²) < 4.78 is 13.7. The quantitative estimate of drug-likeness (QED) is 0.256. The van der Waals surface area contributed by atoms with E-state index < -0.39 is 0 Å². The summed E-state index contributed by atoms with van der Waals surface area (Å²) in [6.45, 7) is 3.04. The smallest absolute Gasteiger partial charge is 0.247 e. The molecule has 1 unspecified atom stereocenters. The molecule has 1 saturated heterocycles. The second-order valence-corrected chi connectivity index (χ2v) is 9.57. The monoisotopic (exact) mass is 491 g/mol. The molecule has 1 aliphatic rings. The second kappa shape index (κ2) is 11.5. The first-order valence-corrected chi connectivity index (χ1v) is 12.9. The fourth-order valence-electron chi connectivity index (χ4n) is 4.17. The van der Waals surface area contributed by atoms with Crippen molar-refractivity contribution < 1.29 is 9.15 Å². The lowest BCUT2D eigenvalue weighted by Crippen LogP contribution is -2.29. The Morgan fingerprint density at radius 2 is 2.03 bits per heavy atom. The van der Waals surface area contributed by atoms with Crippen LogP contribution >= 0.6 is 11.8 Å². The average molecular weight is 492 g/mol. The molecule has 1 aliphatic heterocycles. The van der Waals surface area contributed by atoms with Gasteiger partial charge < -0.3 is 19.0 Å². The van der Waals surface area contributed by atoms with E-state index in [2.05, 4.69) is 30.7 Å². The summed E-state index contributed by atoms with van der Waals surface area (Å²) in [5.74, 6) is 3.94. The van der Waals surface area contributed by atoms with Crippen LogP contribution in [0.1, 0.15) is 31.6 Å². The first kappa shape index (κ1) is 23.5. The van der Waals surface area contributed by atoms with Crippen LogP contribution in [0.15, 0.2) is 58.4 Å². The van der Waals surface area contributed by atoms with E-state index in [0.29, 0.717) is 17.5 Å². The Balaban J connectivity index is 1.11.